The molecule has 17 heavy (non-hydrogen) atoms. The molecule has 92 valence electrons. The molecule has 0 saturated carbocycles. The summed E-state index contributed by atoms with van der Waals surface area (Å²) in [6.45, 7) is 5.08. The van der Waals surface area contributed by atoms with Crippen LogP contribution in [0.15, 0.2) is 6.07 Å². The molecule has 1 atom stereocenters. The first kappa shape index (κ1) is 11.8. The molecule has 0 spiro atoms. The van der Waals surface area contributed by atoms with Crippen molar-refractivity contribution in [3.63, 3.8) is 0 Å². The highest BCUT2D eigenvalue weighted by molar-refractivity contribution is 5.73. The molecular weight excluding hydrogens is 222 g/mol. The summed E-state index contributed by atoms with van der Waals surface area (Å²) in [5.74, 6) is -0.365. The number of ether oxygens (including phenoxy) is 1. The van der Waals surface area contributed by atoms with Gasteiger partial charge in [-0.25, -0.2) is 14.8 Å². The number of anilines is 1. The number of morpholine rings is 1. The zero-order valence-electron chi connectivity index (χ0n) is 9.88. The Morgan fingerprint density at radius 2 is 2.12 bits per heavy atom. The quantitative estimate of drug-likeness (QED) is 0.801. The van der Waals surface area contributed by atoms with Gasteiger partial charge in [-0.05, 0) is 19.9 Å². The van der Waals surface area contributed by atoms with Crippen LogP contribution in [0.25, 0.3) is 0 Å². The minimum atomic E-state index is -0.945. The molecule has 0 amide bonds. The summed E-state index contributed by atoms with van der Waals surface area (Å²) in [5.41, 5.74) is 1.76. The molecule has 6 nitrogen and oxygen atoms in total. The highest BCUT2D eigenvalue weighted by Crippen LogP contribution is 2.14. The fourth-order valence-corrected chi connectivity index (χ4v) is 1.83. The Kier molecular flexibility index (Phi) is 3.23. The molecule has 0 aliphatic carbocycles. The van der Waals surface area contributed by atoms with E-state index < -0.39 is 12.1 Å². The number of carboxylic acid groups (broad SMARTS) is 1. The Balaban J connectivity index is 2.18. The van der Waals surface area contributed by atoms with Crippen molar-refractivity contribution >= 4 is 11.9 Å². The first-order chi connectivity index (χ1) is 8.06. The first-order valence-corrected chi connectivity index (χ1v) is 5.48. The van der Waals surface area contributed by atoms with Gasteiger partial charge >= 0.3 is 5.97 Å². The summed E-state index contributed by atoms with van der Waals surface area (Å²) in [5, 5.41) is 8.92. The van der Waals surface area contributed by atoms with Crippen molar-refractivity contribution in [2.24, 2.45) is 0 Å². The molecule has 1 unspecified atom stereocenters. The zero-order valence-corrected chi connectivity index (χ0v) is 9.88. The summed E-state index contributed by atoms with van der Waals surface area (Å²) >= 11 is 0. The third-order valence-corrected chi connectivity index (χ3v) is 2.60. The maximum absolute atomic E-state index is 10.9. The van der Waals surface area contributed by atoms with Crippen molar-refractivity contribution in [3.05, 3.63) is 17.5 Å². The van der Waals surface area contributed by atoms with Crippen molar-refractivity contribution in [1.29, 1.82) is 0 Å². The SMILES string of the molecule is Cc1cc(C)nc(N2CCOC(C(=O)O)C2)n1. The predicted octanol–water partition coefficient (Wildman–Crippen LogP) is 0.383. The molecule has 2 heterocycles. The van der Waals surface area contributed by atoms with E-state index in [4.69, 9.17) is 9.84 Å². The Morgan fingerprint density at radius 1 is 1.47 bits per heavy atom. The number of aliphatic carboxylic acids is 1. The molecular formula is C11H15N3O3. The third-order valence-electron chi connectivity index (χ3n) is 2.60. The number of hydrogen-bond donors (Lipinski definition) is 1. The van der Waals surface area contributed by atoms with Crippen molar-refractivity contribution in [3.8, 4) is 0 Å². The van der Waals surface area contributed by atoms with Crippen molar-refractivity contribution in [1.82, 2.24) is 9.97 Å². The largest absolute Gasteiger partial charge is 0.479 e. The lowest BCUT2D eigenvalue weighted by molar-refractivity contribution is -0.150. The van der Waals surface area contributed by atoms with E-state index >= 15 is 0 Å². The first-order valence-electron chi connectivity index (χ1n) is 5.48. The van der Waals surface area contributed by atoms with Gasteiger partial charge < -0.3 is 14.7 Å². The van der Waals surface area contributed by atoms with Crippen LogP contribution in [-0.4, -0.2) is 46.8 Å². The lowest BCUT2D eigenvalue weighted by Crippen LogP contribution is -2.46. The van der Waals surface area contributed by atoms with E-state index in [1.165, 1.54) is 0 Å². The highest BCUT2D eigenvalue weighted by Gasteiger charge is 2.27. The Bertz CT molecular complexity index is 416. The number of nitrogens with zero attached hydrogens (tertiary/aromatic N) is 3. The molecule has 2 rings (SSSR count). The van der Waals surface area contributed by atoms with Gasteiger partial charge in [0.2, 0.25) is 5.95 Å². The average Bonchev–Trinajstić information content (AvgIpc) is 2.28. The topological polar surface area (TPSA) is 75.6 Å². The Hall–Kier alpha value is -1.69. The second-order valence-corrected chi connectivity index (χ2v) is 4.09. The maximum Gasteiger partial charge on any atom is 0.334 e. The van der Waals surface area contributed by atoms with Crippen molar-refractivity contribution in [2.75, 3.05) is 24.6 Å². The second kappa shape index (κ2) is 4.67. The zero-order chi connectivity index (χ0) is 12.4. The van der Waals surface area contributed by atoms with Crippen LogP contribution in [0, 0.1) is 13.8 Å². The van der Waals surface area contributed by atoms with Crippen LogP contribution in [0.4, 0.5) is 5.95 Å². The fraction of sp³-hybridized carbons (Fsp3) is 0.545. The number of aromatic nitrogens is 2. The molecule has 6 heteroatoms. The van der Waals surface area contributed by atoms with E-state index in [1.807, 2.05) is 24.8 Å². The van der Waals surface area contributed by atoms with E-state index in [0.717, 1.165) is 11.4 Å². The molecule has 1 aliphatic rings. The van der Waals surface area contributed by atoms with Gasteiger partial charge in [-0.1, -0.05) is 0 Å². The van der Waals surface area contributed by atoms with E-state index in [2.05, 4.69) is 9.97 Å². The lowest BCUT2D eigenvalue weighted by Gasteiger charge is -2.31. The van der Waals surface area contributed by atoms with Gasteiger partial charge in [-0.15, -0.1) is 0 Å². The van der Waals surface area contributed by atoms with Gasteiger partial charge in [0.05, 0.1) is 13.2 Å². The summed E-state index contributed by atoms with van der Waals surface area (Å²) < 4.78 is 5.15. The fourth-order valence-electron chi connectivity index (χ4n) is 1.83. The minimum Gasteiger partial charge on any atom is -0.479 e. The van der Waals surface area contributed by atoms with Gasteiger partial charge in [0.1, 0.15) is 0 Å². The van der Waals surface area contributed by atoms with Gasteiger partial charge in [-0.2, -0.15) is 0 Å². The Morgan fingerprint density at radius 3 is 2.71 bits per heavy atom. The standard InChI is InChI=1S/C11H15N3O3/c1-7-5-8(2)13-11(12-7)14-3-4-17-9(6-14)10(15)16/h5,9H,3-4,6H2,1-2H3,(H,15,16). The minimum absolute atomic E-state index is 0.290. The number of aryl methyl sites for hydroxylation is 2. The molecule has 0 bridgehead atoms. The van der Waals surface area contributed by atoms with Crippen molar-refractivity contribution in [2.45, 2.75) is 20.0 Å². The number of carbonyl (C=O) groups is 1. The van der Waals surface area contributed by atoms with Gasteiger partial charge in [-0.3, -0.25) is 0 Å². The average molecular weight is 237 g/mol. The van der Waals surface area contributed by atoms with E-state index in [-0.39, 0.29) is 6.54 Å². The number of hydrogen-bond acceptors (Lipinski definition) is 5. The maximum atomic E-state index is 10.9. The summed E-state index contributed by atoms with van der Waals surface area (Å²) in [6.07, 6.45) is -0.798. The van der Waals surface area contributed by atoms with E-state index in [0.29, 0.717) is 19.1 Å². The molecule has 1 aromatic heterocycles. The van der Waals surface area contributed by atoms with Gasteiger partial charge in [0.15, 0.2) is 6.10 Å². The Labute approximate surface area is 99.2 Å². The van der Waals surface area contributed by atoms with Crippen LogP contribution >= 0.6 is 0 Å². The normalized spacial score (nSPS) is 20.4. The predicted molar refractivity (Wildman–Crippen MR) is 61.1 cm³/mol. The summed E-state index contributed by atoms with van der Waals surface area (Å²) in [4.78, 5) is 21.4. The van der Waals surface area contributed by atoms with Crippen LogP contribution in [0.2, 0.25) is 0 Å². The van der Waals surface area contributed by atoms with Crippen LogP contribution in [-0.2, 0) is 9.53 Å². The lowest BCUT2D eigenvalue weighted by atomic mass is 10.3. The van der Waals surface area contributed by atoms with Crippen LogP contribution in [0.1, 0.15) is 11.4 Å². The van der Waals surface area contributed by atoms with Crippen LogP contribution < -0.4 is 4.90 Å². The smallest absolute Gasteiger partial charge is 0.334 e. The van der Waals surface area contributed by atoms with Crippen LogP contribution in [0.3, 0.4) is 0 Å². The molecule has 1 aromatic rings. The monoisotopic (exact) mass is 237 g/mol. The molecule has 1 aliphatic heterocycles. The number of carboxylic acids is 1. The number of rotatable bonds is 2. The summed E-state index contributed by atoms with van der Waals surface area (Å²) in [6, 6.07) is 1.89. The molecule has 1 saturated heterocycles. The second-order valence-electron chi connectivity index (χ2n) is 4.09. The van der Waals surface area contributed by atoms with E-state index in [1.54, 1.807) is 0 Å². The highest BCUT2D eigenvalue weighted by atomic mass is 16.5. The van der Waals surface area contributed by atoms with Gasteiger partial charge in [0.25, 0.3) is 0 Å². The molecule has 0 radical (unpaired) electrons. The third kappa shape index (κ3) is 2.71. The molecule has 1 fully saturated rings. The molecule has 1 N–H and O–H groups in total. The van der Waals surface area contributed by atoms with Crippen LogP contribution in [0.5, 0.6) is 0 Å². The van der Waals surface area contributed by atoms with E-state index in [9.17, 15) is 4.79 Å². The van der Waals surface area contributed by atoms with Gasteiger partial charge in [0, 0.05) is 17.9 Å². The molecule has 0 aromatic carbocycles. The summed E-state index contributed by atoms with van der Waals surface area (Å²) in [7, 11) is 0. The van der Waals surface area contributed by atoms with Crippen molar-refractivity contribution < 1.29 is 14.6 Å².